The van der Waals surface area contributed by atoms with Gasteiger partial charge in [0.05, 0.1) is 17.3 Å². The van der Waals surface area contributed by atoms with Crippen LogP contribution in [0.3, 0.4) is 0 Å². The molecule has 0 saturated carbocycles. The summed E-state index contributed by atoms with van der Waals surface area (Å²) in [7, 11) is 1.64. The van der Waals surface area contributed by atoms with Crippen LogP contribution in [0.1, 0.15) is 25.7 Å². The van der Waals surface area contributed by atoms with E-state index in [0.717, 1.165) is 28.9 Å². The Hall–Kier alpha value is -1.66. The number of carbonyl (C=O) groups is 1. The molecule has 0 aliphatic carbocycles. The Kier molecular flexibility index (Phi) is 4.36. The first-order valence-corrected chi connectivity index (χ1v) is 8.04. The minimum Gasteiger partial charge on any atom is -0.497 e. The summed E-state index contributed by atoms with van der Waals surface area (Å²) in [5.74, 6) is 0.839. The van der Waals surface area contributed by atoms with Crippen LogP contribution in [0.5, 0.6) is 5.75 Å². The summed E-state index contributed by atoms with van der Waals surface area (Å²) in [5, 5.41) is 6.95. The van der Waals surface area contributed by atoms with Crippen molar-refractivity contribution in [3.63, 3.8) is 0 Å². The second kappa shape index (κ2) is 6.41. The van der Waals surface area contributed by atoms with Gasteiger partial charge in [-0.3, -0.25) is 4.79 Å². The zero-order valence-corrected chi connectivity index (χ0v) is 12.8. The molecule has 2 N–H and O–H groups in total. The fourth-order valence-electron chi connectivity index (χ4n) is 2.58. The number of benzene rings is 1. The largest absolute Gasteiger partial charge is 0.497 e. The maximum Gasteiger partial charge on any atom is 0.226 e. The summed E-state index contributed by atoms with van der Waals surface area (Å²) in [4.78, 5) is 16.4. The zero-order valence-electron chi connectivity index (χ0n) is 12.0. The van der Waals surface area contributed by atoms with E-state index < -0.39 is 0 Å². The lowest BCUT2D eigenvalue weighted by atomic mass is 10.1. The van der Waals surface area contributed by atoms with E-state index in [0.29, 0.717) is 17.6 Å². The van der Waals surface area contributed by atoms with Crippen LogP contribution in [-0.4, -0.2) is 30.6 Å². The topological polar surface area (TPSA) is 63.2 Å². The molecule has 5 nitrogen and oxygen atoms in total. The van der Waals surface area contributed by atoms with Gasteiger partial charge in [-0.1, -0.05) is 11.3 Å². The van der Waals surface area contributed by atoms with E-state index in [9.17, 15) is 4.79 Å². The minimum absolute atomic E-state index is 0.0368. The minimum atomic E-state index is 0.0368. The number of fused-ring (bicyclic) bond motifs is 1. The second-order valence-electron chi connectivity index (χ2n) is 5.23. The van der Waals surface area contributed by atoms with Gasteiger partial charge in [0.1, 0.15) is 5.75 Å². The zero-order chi connectivity index (χ0) is 14.7. The fourth-order valence-corrected chi connectivity index (χ4v) is 3.49. The number of aromatic nitrogens is 1. The molecule has 1 aliphatic heterocycles. The van der Waals surface area contributed by atoms with Crippen molar-refractivity contribution in [3.8, 4) is 5.75 Å². The second-order valence-corrected chi connectivity index (χ2v) is 6.26. The van der Waals surface area contributed by atoms with Gasteiger partial charge in [-0.25, -0.2) is 4.98 Å². The van der Waals surface area contributed by atoms with Crippen LogP contribution in [0.4, 0.5) is 5.13 Å². The molecular formula is C15H19N3O2S. The summed E-state index contributed by atoms with van der Waals surface area (Å²) in [6, 6.07) is 6.21. The van der Waals surface area contributed by atoms with E-state index in [1.165, 1.54) is 24.2 Å². The van der Waals surface area contributed by atoms with Gasteiger partial charge >= 0.3 is 0 Å². The summed E-state index contributed by atoms with van der Waals surface area (Å²) in [5.41, 5.74) is 0.883. The molecule has 3 rings (SSSR count). The van der Waals surface area contributed by atoms with Crippen molar-refractivity contribution < 1.29 is 9.53 Å². The van der Waals surface area contributed by atoms with E-state index in [1.54, 1.807) is 7.11 Å². The predicted octanol–water partition coefficient (Wildman–Crippen LogP) is 2.78. The lowest BCUT2D eigenvalue weighted by Crippen LogP contribution is -2.23. The van der Waals surface area contributed by atoms with E-state index in [1.807, 2.05) is 18.2 Å². The summed E-state index contributed by atoms with van der Waals surface area (Å²) < 4.78 is 6.21. The Morgan fingerprint density at radius 1 is 1.57 bits per heavy atom. The number of nitrogens with zero attached hydrogens (tertiary/aromatic N) is 1. The molecule has 1 saturated heterocycles. The maximum atomic E-state index is 12.0. The number of carbonyl (C=O) groups excluding carboxylic acids is 1. The summed E-state index contributed by atoms with van der Waals surface area (Å²) in [6.45, 7) is 1.08. The smallest absolute Gasteiger partial charge is 0.226 e. The highest BCUT2D eigenvalue weighted by atomic mass is 32.1. The number of thiazole rings is 1. The number of hydrogen-bond acceptors (Lipinski definition) is 5. The van der Waals surface area contributed by atoms with Crippen LogP contribution in [-0.2, 0) is 4.79 Å². The number of rotatable bonds is 5. The van der Waals surface area contributed by atoms with Crippen LogP contribution >= 0.6 is 11.3 Å². The molecular weight excluding hydrogens is 286 g/mol. The van der Waals surface area contributed by atoms with Gasteiger partial charge in [-0.15, -0.1) is 0 Å². The molecule has 1 aromatic carbocycles. The Bertz CT molecular complexity index is 635. The Morgan fingerprint density at radius 2 is 2.48 bits per heavy atom. The summed E-state index contributed by atoms with van der Waals surface area (Å²) >= 11 is 1.47. The maximum absolute atomic E-state index is 12.0. The highest BCUT2D eigenvalue weighted by molar-refractivity contribution is 7.22. The van der Waals surface area contributed by atoms with Gasteiger partial charge in [0.2, 0.25) is 5.91 Å². The van der Waals surface area contributed by atoms with Gasteiger partial charge in [0.15, 0.2) is 5.13 Å². The predicted molar refractivity (Wildman–Crippen MR) is 85.1 cm³/mol. The van der Waals surface area contributed by atoms with Crippen molar-refractivity contribution >= 4 is 32.6 Å². The normalized spacial score (nSPS) is 18.0. The Labute approximate surface area is 127 Å². The van der Waals surface area contributed by atoms with Crippen molar-refractivity contribution in [2.24, 2.45) is 0 Å². The molecule has 0 spiro atoms. The molecule has 1 fully saturated rings. The third-order valence-electron chi connectivity index (χ3n) is 3.72. The van der Waals surface area contributed by atoms with Gasteiger partial charge < -0.3 is 15.4 Å². The van der Waals surface area contributed by atoms with Crippen LogP contribution in [0.25, 0.3) is 10.2 Å². The first-order chi connectivity index (χ1) is 10.2. The third kappa shape index (κ3) is 3.51. The first-order valence-electron chi connectivity index (χ1n) is 7.22. The highest BCUT2D eigenvalue weighted by Crippen LogP contribution is 2.29. The molecule has 1 unspecified atom stereocenters. The van der Waals surface area contributed by atoms with Crippen LogP contribution < -0.4 is 15.4 Å². The van der Waals surface area contributed by atoms with Crippen molar-refractivity contribution in [2.45, 2.75) is 31.7 Å². The average Bonchev–Trinajstić information content (AvgIpc) is 3.13. The number of amides is 1. The van der Waals surface area contributed by atoms with E-state index in [4.69, 9.17) is 4.74 Å². The van der Waals surface area contributed by atoms with E-state index in [2.05, 4.69) is 15.6 Å². The number of nitrogens with one attached hydrogen (secondary N) is 2. The van der Waals surface area contributed by atoms with E-state index >= 15 is 0 Å². The lowest BCUT2D eigenvalue weighted by molar-refractivity contribution is -0.116. The van der Waals surface area contributed by atoms with Crippen molar-refractivity contribution in [1.82, 2.24) is 10.3 Å². The van der Waals surface area contributed by atoms with Gasteiger partial charge in [0, 0.05) is 12.5 Å². The lowest BCUT2D eigenvalue weighted by Gasteiger charge is -2.08. The monoisotopic (exact) mass is 305 g/mol. The molecule has 21 heavy (non-hydrogen) atoms. The van der Waals surface area contributed by atoms with Crippen molar-refractivity contribution in [1.29, 1.82) is 0 Å². The van der Waals surface area contributed by atoms with Crippen LogP contribution in [0.2, 0.25) is 0 Å². The number of methoxy groups -OCH3 is 1. The summed E-state index contributed by atoms with van der Waals surface area (Å²) in [6.07, 6.45) is 3.82. The van der Waals surface area contributed by atoms with E-state index in [-0.39, 0.29) is 5.91 Å². The molecule has 6 heteroatoms. The molecule has 1 amide bonds. The standard InChI is InChI=1S/C15H19N3O2S/c1-20-11-5-6-12-13(9-11)21-15(17-12)18-14(19)7-4-10-3-2-8-16-10/h5-6,9-10,16H,2-4,7-8H2,1H3,(H,17,18,19). The number of anilines is 1. The molecule has 1 aromatic heterocycles. The molecule has 2 aromatic rings. The Morgan fingerprint density at radius 3 is 3.24 bits per heavy atom. The van der Waals surface area contributed by atoms with Gasteiger partial charge in [-0.05, 0) is 44.0 Å². The molecule has 0 radical (unpaired) electrons. The molecule has 0 bridgehead atoms. The van der Waals surface area contributed by atoms with Gasteiger partial charge in [0.25, 0.3) is 0 Å². The highest BCUT2D eigenvalue weighted by Gasteiger charge is 2.16. The SMILES string of the molecule is COc1ccc2nc(NC(=O)CCC3CCCN3)sc2c1. The molecule has 1 atom stereocenters. The first kappa shape index (κ1) is 14.3. The fraction of sp³-hybridized carbons (Fsp3) is 0.467. The molecule has 1 aliphatic rings. The van der Waals surface area contributed by atoms with Crippen LogP contribution in [0, 0.1) is 0 Å². The number of hydrogen-bond donors (Lipinski definition) is 2. The third-order valence-corrected chi connectivity index (χ3v) is 4.66. The van der Waals surface area contributed by atoms with Crippen LogP contribution in [0.15, 0.2) is 18.2 Å². The molecule has 112 valence electrons. The van der Waals surface area contributed by atoms with Gasteiger partial charge in [-0.2, -0.15) is 0 Å². The number of ether oxygens (including phenoxy) is 1. The van der Waals surface area contributed by atoms with Crippen molar-refractivity contribution in [2.75, 3.05) is 19.0 Å². The molecule has 2 heterocycles. The van der Waals surface area contributed by atoms with Crippen molar-refractivity contribution in [3.05, 3.63) is 18.2 Å². The quantitative estimate of drug-likeness (QED) is 0.891. The Balaban J connectivity index is 1.59. The average molecular weight is 305 g/mol.